The summed E-state index contributed by atoms with van der Waals surface area (Å²) in [6.07, 6.45) is 0. The third-order valence-electron chi connectivity index (χ3n) is 12.7. The second kappa shape index (κ2) is 13.4. The average molecular weight is 838 g/mol. The molecule has 0 spiro atoms. The molecule has 0 aliphatic heterocycles. The first-order valence-electron chi connectivity index (χ1n) is 21.1. The Hall–Kier alpha value is -7.77. The highest BCUT2D eigenvalue weighted by atomic mass is 32.1. The van der Waals surface area contributed by atoms with Crippen molar-refractivity contribution in [2.75, 3.05) is 0 Å². The molecule has 14 aromatic rings. The van der Waals surface area contributed by atoms with Crippen molar-refractivity contribution in [3.05, 3.63) is 188 Å². The molecule has 4 aromatic heterocycles. The van der Waals surface area contributed by atoms with E-state index in [0.29, 0.717) is 17.5 Å². The fourth-order valence-electron chi connectivity index (χ4n) is 9.91. The van der Waals surface area contributed by atoms with Crippen LogP contribution in [-0.2, 0) is 0 Å². The highest BCUT2D eigenvalue weighted by Gasteiger charge is 2.21. The van der Waals surface area contributed by atoms with Crippen LogP contribution in [0.2, 0.25) is 0 Å². The number of nitrogens with zero attached hydrogens (tertiary/aromatic N) is 3. The molecule has 292 valence electrons. The van der Waals surface area contributed by atoms with Gasteiger partial charge in [0.1, 0.15) is 11.2 Å². The zero-order chi connectivity index (χ0) is 41.2. The highest BCUT2D eigenvalue weighted by molar-refractivity contribution is 7.26. The predicted molar refractivity (Wildman–Crippen MR) is 267 cm³/mol. The second-order valence-corrected chi connectivity index (χ2v) is 18.3. The van der Waals surface area contributed by atoms with Gasteiger partial charge in [-0.2, -0.15) is 0 Å². The van der Waals surface area contributed by atoms with Crippen molar-refractivity contribution >= 4 is 117 Å². The third kappa shape index (κ3) is 5.23. The van der Waals surface area contributed by atoms with Crippen LogP contribution < -0.4 is 0 Å². The minimum absolute atomic E-state index is 0.600. The quantitative estimate of drug-likeness (QED) is 0.166. The predicted octanol–water partition coefficient (Wildman–Crippen LogP) is 16.6. The molecule has 0 unspecified atom stereocenters. The number of hydrogen-bond donors (Lipinski definition) is 0. The standard InChI is InChI=1S/C57H31N3OS2/c1-2-13-37-35(12-1)36-14-3-4-16-39(36)52-40(37)19-10-21-43(52)56-58-55(59-57(60-56)44-22-11-24-48-53(44)42-17-5-7-23-47(42)61-48)33-27-29-51-46(31-33)45-30-32(26-28-50(45)62-51)34-18-9-20-41-38-15-6-8-25-49(38)63-54(34)41/h1-31H. The van der Waals surface area contributed by atoms with Gasteiger partial charge in [0.2, 0.25) is 0 Å². The fourth-order valence-corrected chi connectivity index (χ4v) is 12.2. The Morgan fingerprint density at radius 3 is 1.54 bits per heavy atom. The largest absolute Gasteiger partial charge is 0.456 e. The zero-order valence-corrected chi connectivity index (χ0v) is 35.1. The number of aromatic nitrogens is 3. The SMILES string of the molecule is c1ccc2c(c1)oc1cccc(-c3nc(-c4ccc5sc6ccc(-c7cccc8c7sc7ccccc78)cc6c5c4)nc(-c4cccc5c6ccccc6c6ccccc6c45)n3)c12. The molecule has 4 heterocycles. The molecule has 14 rings (SSSR count). The number of rotatable bonds is 4. The van der Waals surface area contributed by atoms with Gasteiger partial charge in [0, 0.05) is 73.2 Å². The Morgan fingerprint density at radius 2 is 0.794 bits per heavy atom. The van der Waals surface area contributed by atoms with Crippen molar-refractivity contribution in [2.24, 2.45) is 0 Å². The zero-order valence-electron chi connectivity index (χ0n) is 33.5. The van der Waals surface area contributed by atoms with Crippen LogP contribution in [0, 0.1) is 0 Å². The molecule has 0 aliphatic carbocycles. The first kappa shape index (κ1) is 34.9. The van der Waals surface area contributed by atoms with Crippen LogP contribution in [0.25, 0.3) is 140 Å². The molecule has 0 aliphatic rings. The highest BCUT2D eigenvalue weighted by Crippen LogP contribution is 2.45. The molecule has 4 nitrogen and oxygen atoms in total. The second-order valence-electron chi connectivity index (χ2n) is 16.2. The van der Waals surface area contributed by atoms with Gasteiger partial charge in [0.05, 0.1) is 0 Å². The van der Waals surface area contributed by atoms with Crippen molar-refractivity contribution in [2.45, 2.75) is 0 Å². The number of furan rings is 1. The smallest absolute Gasteiger partial charge is 0.164 e. The van der Waals surface area contributed by atoms with Crippen LogP contribution in [-0.4, -0.2) is 15.0 Å². The Kier molecular flexibility index (Phi) is 7.40. The maximum atomic E-state index is 6.38. The van der Waals surface area contributed by atoms with Crippen LogP contribution in [0.15, 0.2) is 192 Å². The summed E-state index contributed by atoms with van der Waals surface area (Å²) in [6, 6.07) is 67.2. The molecular weight excluding hydrogens is 807 g/mol. The summed E-state index contributed by atoms with van der Waals surface area (Å²) in [7, 11) is 0. The van der Waals surface area contributed by atoms with E-state index in [9.17, 15) is 0 Å². The van der Waals surface area contributed by atoms with Crippen LogP contribution in [0.4, 0.5) is 0 Å². The number of hydrogen-bond acceptors (Lipinski definition) is 6. The number of benzene rings is 10. The van der Waals surface area contributed by atoms with Crippen molar-refractivity contribution in [1.29, 1.82) is 0 Å². The Morgan fingerprint density at radius 1 is 0.302 bits per heavy atom. The molecule has 10 aromatic carbocycles. The summed E-state index contributed by atoms with van der Waals surface area (Å²) in [4.78, 5) is 16.2. The van der Waals surface area contributed by atoms with Crippen LogP contribution in [0.1, 0.15) is 0 Å². The summed E-state index contributed by atoms with van der Waals surface area (Å²) in [6.45, 7) is 0. The summed E-state index contributed by atoms with van der Waals surface area (Å²) >= 11 is 3.69. The van der Waals surface area contributed by atoms with Crippen LogP contribution in [0.5, 0.6) is 0 Å². The van der Waals surface area contributed by atoms with Gasteiger partial charge >= 0.3 is 0 Å². The topological polar surface area (TPSA) is 51.8 Å². The van der Waals surface area contributed by atoms with E-state index in [1.54, 1.807) is 0 Å². The lowest BCUT2D eigenvalue weighted by Gasteiger charge is -2.15. The van der Waals surface area contributed by atoms with Gasteiger partial charge in [0.15, 0.2) is 17.5 Å². The van der Waals surface area contributed by atoms with Gasteiger partial charge in [-0.05, 0) is 86.6 Å². The van der Waals surface area contributed by atoms with E-state index in [0.717, 1.165) is 44.0 Å². The third-order valence-corrected chi connectivity index (χ3v) is 15.1. The van der Waals surface area contributed by atoms with E-state index in [4.69, 9.17) is 19.4 Å². The number of para-hydroxylation sites is 1. The summed E-state index contributed by atoms with van der Waals surface area (Å²) < 4.78 is 11.5. The molecule has 63 heavy (non-hydrogen) atoms. The van der Waals surface area contributed by atoms with Crippen molar-refractivity contribution in [3.8, 4) is 45.3 Å². The monoisotopic (exact) mass is 837 g/mol. The van der Waals surface area contributed by atoms with Crippen LogP contribution >= 0.6 is 22.7 Å². The summed E-state index contributed by atoms with van der Waals surface area (Å²) in [5.41, 5.74) is 6.90. The van der Waals surface area contributed by atoms with E-state index < -0.39 is 0 Å². The maximum absolute atomic E-state index is 6.38. The molecule has 0 N–H and O–H groups in total. The fraction of sp³-hybridized carbons (Fsp3) is 0. The van der Waals surface area contributed by atoms with E-state index >= 15 is 0 Å². The van der Waals surface area contributed by atoms with Gasteiger partial charge in [-0.15, -0.1) is 22.7 Å². The normalized spacial score (nSPS) is 12.1. The van der Waals surface area contributed by atoms with E-state index in [1.807, 2.05) is 46.9 Å². The molecule has 0 bridgehead atoms. The number of thiophene rings is 2. The van der Waals surface area contributed by atoms with Crippen molar-refractivity contribution in [3.63, 3.8) is 0 Å². The summed E-state index contributed by atoms with van der Waals surface area (Å²) in [5.74, 6) is 1.84. The lowest BCUT2D eigenvalue weighted by Crippen LogP contribution is -2.01. The minimum Gasteiger partial charge on any atom is -0.456 e. The lowest BCUT2D eigenvalue weighted by atomic mass is 9.91. The molecule has 0 saturated heterocycles. The molecular formula is C57H31N3OS2. The van der Waals surface area contributed by atoms with Gasteiger partial charge in [-0.1, -0.05) is 140 Å². The Balaban J connectivity index is 1.02. The maximum Gasteiger partial charge on any atom is 0.164 e. The first-order chi connectivity index (χ1) is 31.2. The van der Waals surface area contributed by atoms with Crippen molar-refractivity contribution in [1.82, 2.24) is 15.0 Å². The Labute approximate surface area is 368 Å². The van der Waals surface area contributed by atoms with Crippen LogP contribution in [0.3, 0.4) is 0 Å². The van der Waals surface area contributed by atoms with Gasteiger partial charge < -0.3 is 4.42 Å². The Bertz CT molecular complexity index is 4190. The van der Waals surface area contributed by atoms with Crippen molar-refractivity contribution < 1.29 is 4.42 Å². The van der Waals surface area contributed by atoms with E-state index in [2.05, 4.69) is 164 Å². The summed E-state index contributed by atoms with van der Waals surface area (Å²) in [5, 5.41) is 14.1. The minimum atomic E-state index is 0.600. The molecule has 0 saturated carbocycles. The molecule has 0 fully saturated rings. The van der Waals surface area contributed by atoms with Gasteiger partial charge in [-0.25, -0.2) is 15.0 Å². The van der Waals surface area contributed by atoms with E-state index in [-0.39, 0.29) is 0 Å². The molecule has 0 atom stereocenters. The molecule has 0 radical (unpaired) electrons. The molecule has 6 heteroatoms. The lowest BCUT2D eigenvalue weighted by molar-refractivity contribution is 0.669. The van der Waals surface area contributed by atoms with E-state index in [1.165, 1.54) is 78.4 Å². The van der Waals surface area contributed by atoms with Gasteiger partial charge in [-0.3, -0.25) is 0 Å². The molecule has 0 amide bonds. The first-order valence-corrected chi connectivity index (χ1v) is 22.7. The average Bonchev–Trinajstić information content (AvgIpc) is 4.05. The van der Waals surface area contributed by atoms with Gasteiger partial charge in [0.25, 0.3) is 0 Å². The number of fused-ring (bicyclic) bond motifs is 15.